The molecule has 1 aliphatic rings. The van der Waals surface area contributed by atoms with Crippen molar-refractivity contribution in [2.75, 3.05) is 17.7 Å². The summed E-state index contributed by atoms with van der Waals surface area (Å²) in [5.74, 6) is -0.371. The minimum atomic E-state index is -0.692. The summed E-state index contributed by atoms with van der Waals surface area (Å²) in [6, 6.07) is 13.2. The van der Waals surface area contributed by atoms with Gasteiger partial charge in [0.15, 0.2) is 11.5 Å². The molecule has 9 heteroatoms. The fraction of sp³-hybridized carbons (Fsp3) is 0.136. The van der Waals surface area contributed by atoms with Gasteiger partial charge in [-0.3, -0.25) is 9.59 Å². The minimum absolute atomic E-state index is 0.0327. The molecule has 158 valence electrons. The van der Waals surface area contributed by atoms with Gasteiger partial charge in [0.25, 0.3) is 11.8 Å². The molecule has 4 rings (SSSR count). The van der Waals surface area contributed by atoms with E-state index in [4.69, 9.17) is 10.5 Å². The number of nitrogens with two attached hydrogens (primary N) is 1. The number of primary amides is 1. The molecule has 0 fully saturated rings. The molecule has 0 spiro atoms. The van der Waals surface area contributed by atoms with Crippen molar-refractivity contribution >= 4 is 23.3 Å². The zero-order valence-electron chi connectivity index (χ0n) is 16.9. The van der Waals surface area contributed by atoms with Gasteiger partial charge < -0.3 is 26.2 Å². The first-order valence-corrected chi connectivity index (χ1v) is 9.49. The Balaban J connectivity index is 1.85. The van der Waals surface area contributed by atoms with Gasteiger partial charge in [0.2, 0.25) is 0 Å². The third kappa shape index (κ3) is 3.57. The number of carbonyl (C=O) groups excluding carboxylic acids is 2. The molecule has 2 heterocycles. The number of benzene rings is 2. The number of aromatic hydroxyl groups is 1. The van der Waals surface area contributed by atoms with Crippen LogP contribution in [0.25, 0.3) is 0 Å². The monoisotopic (exact) mass is 419 g/mol. The fourth-order valence-corrected chi connectivity index (χ4v) is 3.62. The second-order valence-electron chi connectivity index (χ2n) is 7.03. The Labute approximate surface area is 178 Å². The van der Waals surface area contributed by atoms with E-state index >= 15 is 0 Å². The Morgan fingerprint density at radius 3 is 2.65 bits per heavy atom. The standard InChI is InChI=1S/C22H21N5O4/c1-12-18(22(30)26-14-6-4-3-5-7-14)19(13-8-9-16(28)17(10-13)31-2)27-21(25-12)15(11-24-27)20(23)29/h3-11,19,25,28H,1-2H3,(H2,23,29)(H,26,30)/t19-/m1/s1. The van der Waals surface area contributed by atoms with Crippen LogP contribution < -0.4 is 21.1 Å². The number of anilines is 2. The van der Waals surface area contributed by atoms with Crippen molar-refractivity contribution in [2.45, 2.75) is 13.0 Å². The number of aromatic nitrogens is 2. The van der Waals surface area contributed by atoms with Crippen molar-refractivity contribution in [3.63, 3.8) is 0 Å². The topological polar surface area (TPSA) is 131 Å². The van der Waals surface area contributed by atoms with E-state index in [1.165, 1.54) is 24.1 Å². The highest BCUT2D eigenvalue weighted by Gasteiger charge is 2.35. The van der Waals surface area contributed by atoms with E-state index in [-0.39, 0.29) is 23.0 Å². The minimum Gasteiger partial charge on any atom is -0.504 e. The SMILES string of the molecule is COc1cc([C@@H]2C(C(=O)Nc3ccccc3)=C(C)Nc3c(C(N)=O)cnn32)ccc1O. The summed E-state index contributed by atoms with van der Waals surface area (Å²) in [7, 11) is 1.44. The Morgan fingerprint density at radius 1 is 1.23 bits per heavy atom. The van der Waals surface area contributed by atoms with Crippen LogP contribution in [0.1, 0.15) is 28.9 Å². The van der Waals surface area contributed by atoms with Crippen LogP contribution in [0.2, 0.25) is 0 Å². The van der Waals surface area contributed by atoms with Crippen molar-refractivity contribution in [1.82, 2.24) is 9.78 Å². The molecule has 0 saturated heterocycles. The molecular formula is C22H21N5O4. The van der Waals surface area contributed by atoms with Gasteiger partial charge >= 0.3 is 0 Å². The van der Waals surface area contributed by atoms with E-state index in [1.54, 1.807) is 31.2 Å². The molecule has 1 atom stereocenters. The lowest BCUT2D eigenvalue weighted by Gasteiger charge is -2.30. The number of nitrogens with one attached hydrogen (secondary N) is 2. The number of amides is 2. The van der Waals surface area contributed by atoms with Crippen molar-refractivity contribution in [2.24, 2.45) is 5.73 Å². The number of allylic oxidation sites excluding steroid dienone is 1. The van der Waals surface area contributed by atoms with Crippen LogP contribution in [0, 0.1) is 0 Å². The quantitative estimate of drug-likeness (QED) is 0.503. The van der Waals surface area contributed by atoms with Gasteiger partial charge in [0.1, 0.15) is 17.4 Å². The van der Waals surface area contributed by atoms with Crippen LogP contribution in [-0.2, 0) is 4.79 Å². The number of methoxy groups -OCH3 is 1. The number of fused-ring (bicyclic) bond motifs is 1. The molecule has 0 unspecified atom stereocenters. The number of rotatable bonds is 5. The van der Waals surface area contributed by atoms with Crippen molar-refractivity contribution in [1.29, 1.82) is 0 Å². The van der Waals surface area contributed by atoms with Crippen molar-refractivity contribution < 1.29 is 19.4 Å². The number of carbonyl (C=O) groups is 2. The van der Waals surface area contributed by atoms with Gasteiger partial charge in [0, 0.05) is 11.4 Å². The maximum absolute atomic E-state index is 13.3. The van der Waals surface area contributed by atoms with Crippen LogP contribution in [0.3, 0.4) is 0 Å². The summed E-state index contributed by atoms with van der Waals surface area (Å²) in [6.07, 6.45) is 1.36. The molecule has 0 aliphatic carbocycles. The predicted molar refractivity (Wildman–Crippen MR) is 115 cm³/mol. The first kappa shape index (κ1) is 20.0. The van der Waals surface area contributed by atoms with Crippen LogP contribution >= 0.6 is 0 Å². The van der Waals surface area contributed by atoms with Crippen molar-refractivity contribution in [3.05, 3.63) is 77.1 Å². The van der Waals surface area contributed by atoms with Gasteiger partial charge in [0.05, 0.1) is 18.9 Å². The van der Waals surface area contributed by atoms with Gasteiger partial charge in [-0.05, 0) is 36.8 Å². The largest absolute Gasteiger partial charge is 0.504 e. The molecule has 5 N–H and O–H groups in total. The second-order valence-corrected chi connectivity index (χ2v) is 7.03. The van der Waals surface area contributed by atoms with Crippen LogP contribution in [0.5, 0.6) is 11.5 Å². The highest BCUT2D eigenvalue weighted by molar-refractivity contribution is 6.06. The number of phenols is 1. The van der Waals surface area contributed by atoms with E-state index in [0.717, 1.165) is 0 Å². The summed E-state index contributed by atoms with van der Waals surface area (Å²) in [4.78, 5) is 25.2. The second kappa shape index (κ2) is 7.86. The first-order valence-electron chi connectivity index (χ1n) is 9.49. The third-order valence-electron chi connectivity index (χ3n) is 5.08. The van der Waals surface area contributed by atoms with E-state index in [9.17, 15) is 14.7 Å². The number of hydrogen-bond acceptors (Lipinski definition) is 6. The first-order chi connectivity index (χ1) is 14.9. The number of para-hydroxylation sites is 1. The molecule has 3 aromatic rings. The molecular weight excluding hydrogens is 398 g/mol. The molecule has 2 amide bonds. The normalized spacial score (nSPS) is 15.1. The highest BCUT2D eigenvalue weighted by atomic mass is 16.5. The zero-order chi connectivity index (χ0) is 22.1. The van der Waals surface area contributed by atoms with Crippen LogP contribution in [0.15, 0.2) is 66.0 Å². The Bertz CT molecular complexity index is 1200. The molecule has 1 aliphatic heterocycles. The zero-order valence-corrected chi connectivity index (χ0v) is 16.9. The van der Waals surface area contributed by atoms with Gasteiger partial charge in [-0.15, -0.1) is 0 Å². The van der Waals surface area contributed by atoms with Gasteiger partial charge in [-0.2, -0.15) is 5.10 Å². The summed E-state index contributed by atoms with van der Waals surface area (Å²) < 4.78 is 6.77. The highest BCUT2D eigenvalue weighted by Crippen LogP contribution is 2.40. The van der Waals surface area contributed by atoms with Gasteiger partial charge in [-0.1, -0.05) is 24.3 Å². The van der Waals surface area contributed by atoms with Crippen molar-refractivity contribution in [3.8, 4) is 11.5 Å². The Morgan fingerprint density at radius 2 is 1.97 bits per heavy atom. The Kier molecular flexibility index (Phi) is 5.08. The molecule has 1 aromatic heterocycles. The average molecular weight is 419 g/mol. The summed E-state index contributed by atoms with van der Waals surface area (Å²) >= 11 is 0. The fourth-order valence-electron chi connectivity index (χ4n) is 3.62. The molecule has 31 heavy (non-hydrogen) atoms. The van der Waals surface area contributed by atoms with E-state index < -0.39 is 11.9 Å². The average Bonchev–Trinajstić information content (AvgIpc) is 3.17. The lowest BCUT2D eigenvalue weighted by Crippen LogP contribution is -2.32. The predicted octanol–water partition coefficient (Wildman–Crippen LogP) is 2.62. The molecule has 0 saturated carbocycles. The molecule has 0 radical (unpaired) electrons. The summed E-state index contributed by atoms with van der Waals surface area (Å²) in [6.45, 7) is 1.74. The molecule has 9 nitrogen and oxygen atoms in total. The maximum Gasteiger partial charge on any atom is 0.255 e. The Hall–Kier alpha value is -4.27. The van der Waals surface area contributed by atoms with E-state index in [1.807, 2.05) is 18.2 Å². The third-order valence-corrected chi connectivity index (χ3v) is 5.08. The number of nitrogens with zero attached hydrogens (tertiary/aromatic N) is 2. The lowest BCUT2D eigenvalue weighted by atomic mass is 9.94. The smallest absolute Gasteiger partial charge is 0.255 e. The summed E-state index contributed by atoms with van der Waals surface area (Å²) in [5, 5.41) is 20.3. The van der Waals surface area contributed by atoms with E-state index in [0.29, 0.717) is 28.3 Å². The van der Waals surface area contributed by atoms with Crippen LogP contribution in [0.4, 0.5) is 11.5 Å². The van der Waals surface area contributed by atoms with Gasteiger partial charge in [-0.25, -0.2) is 4.68 Å². The number of hydrogen-bond donors (Lipinski definition) is 4. The number of phenolic OH excluding ortho intramolecular Hbond substituents is 1. The van der Waals surface area contributed by atoms with Crippen LogP contribution in [-0.4, -0.2) is 33.8 Å². The number of ether oxygens (including phenoxy) is 1. The lowest BCUT2D eigenvalue weighted by molar-refractivity contribution is -0.113. The molecule has 0 bridgehead atoms. The molecule has 2 aromatic carbocycles. The van der Waals surface area contributed by atoms with E-state index in [2.05, 4.69) is 15.7 Å². The maximum atomic E-state index is 13.3. The summed E-state index contributed by atoms with van der Waals surface area (Å²) in [5.41, 5.74) is 7.91.